The van der Waals surface area contributed by atoms with E-state index in [1.165, 1.54) is 6.07 Å². The van der Waals surface area contributed by atoms with Gasteiger partial charge in [-0.05, 0) is 11.6 Å². The second kappa shape index (κ2) is 4.88. The number of nitrogen functional groups attached to an aromatic ring is 1. The Labute approximate surface area is 103 Å². The first-order valence-corrected chi connectivity index (χ1v) is 5.37. The highest BCUT2D eigenvalue weighted by atomic mass is 35.5. The second-order valence-corrected chi connectivity index (χ2v) is 3.89. The Kier molecular flexibility index (Phi) is 3.30. The van der Waals surface area contributed by atoms with Gasteiger partial charge in [0.2, 0.25) is 0 Å². The van der Waals surface area contributed by atoms with E-state index in [0.717, 1.165) is 5.56 Å². The van der Waals surface area contributed by atoms with Gasteiger partial charge in [0.05, 0.1) is 0 Å². The number of amides is 1. The molecule has 0 radical (unpaired) electrons. The van der Waals surface area contributed by atoms with Crippen molar-refractivity contribution in [3.8, 4) is 0 Å². The minimum absolute atomic E-state index is 0.269. The zero-order chi connectivity index (χ0) is 12.3. The molecule has 1 heterocycles. The topological polar surface area (TPSA) is 83.8 Å². The summed E-state index contributed by atoms with van der Waals surface area (Å²) in [7, 11) is 0. The molecule has 1 aromatic heterocycles. The minimum Gasteiger partial charge on any atom is -0.382 e. The maximum Gasteiger partial charge on any atom is 0.269 e. The molecular weight excluding hydrogens is 240 g/mol. The number of anilines is 1. The number of benzene rings is 1. The Balaban J connectivity index is 1.99. The molecule has 0 aliphatic rings. The van der Waals surface area contributed by atoms with Gasteiger partial charge in [0.15, 0.2) is 0 Å². The van der Waals surface area contributed by atoms with Crippen LogP contribution in [-0.4, -0.2) is 16.1 Å². The lowest BCUT2D eigenvalue weighted by molar-refractivity contribution is 0.0946. The Morgan fingerprint density at radius 3 is 2.88 bits per heavy atom. The Morgan fingerprint density at radius 1 is 1.47 bits per heavy atom. The van der Waals surface area contributed by atoms with Crippen LogP contribution in [0, 0.1) is 0 Å². The summed E-state index contributed by atoms with van der Waals surface area (Å²) < 4.78 is 0. The number of aromatic amines is 1. The van der Waals surface area contributed by atoms with Gasteiger partial charge in [-0.2, -0.15) is 5.10 Å². The number of hydrogen-bond acceptors (Lipinski definition) is 3. The van der Waals surface area contributed by atoms with Crippen LogP contribution < -0.4 is 11.1 Å². The van der Waals surface area contributed by atoms with Crippen molar-refractivity contribution in [2.24, 2.45) is 0 Å². The number of rotatable bonds is 3. The predicted octanol–water partition coefficient (Wildman–Crippen LogP) is 1.58. The maximum absolute atomic E-state index is 11.7. The normalized spacial score (nSPS) is 10.2. The highest BCUT2D eigenvalue weighted by molar-refractivity contribution is 6.31. The Hall–Kier alpha value is -2.01. The number of carbonyl (C=O) groups excluding carboxylic acids is 1. The Bertz CT molecular complexity index is 538. The average molecular weight is 251 g/mol. The summed E-state index contributed by atoms with van der Waals surface area (Å²) in [5, 5.41) is 9.55. The molecule has 0 saturated heterocycles. The van der Waals surface area contributed by atoms with E-state index < -0.39 is 0 Å². The standard InChI is InChI=1S/C11H11ClN4O/c12-8-4-2-1-3-7(8)6-14-11(17)9-5-10(13)16-15-9/h1-5H,6H2,(H,14,17)(H3,13,15,16). The number of nitrogens with one attached hydrogen (secondary N) is 2. The molecule has 1 amide bonds. The van der Waals surface area contributed by atoms with Crippen LogP contribution in [0.5, 0.6) is 0 Å². The van der Waals surface area contributed by atoms with Gasteiger partial charge in [-0.25, -0.2) is 0 Å². The molecule has 0 atom stereocenters. The second-order valence-electron chi connectivity index (χ2n) is 3.48. The predicted molar refractivity (Wildman–Crippen MR) is 65.6 cm³/mol. The molecule has 0 saturated carbocycles. The third-order valence-corrected chi connectivity index (χ3v) is 2.61. The summed E-state index contributed by atoms with van der Waals surface area (Å²) >= 11 is 5.97. The number of hydrogen-bond donors (Lipinski definition) is 3. The smallest absolute Gasteiger partial charge is 0.269 e. The number of halogens is 1. The number of carbonyl (C=O) groups is 1. The molecule has 1 aromatic carbocycles. The molecule has 0 spiro atoms. The summed E-state index contributed by atoms with van der Waals surface area (Å²) in [6.07, 6.45) is 0. The van der Waals surface area contributed by atoms with Gasteiger partial charge in [0.1, 0.15) is 11.5 Å². The summed E-state index contributed by atoms with van der Waals surface area (Å²) in [6.45, 7) is 0.359. The zero-order valence-corrected chi connectivity index (χ0v) is 9.66. The number of H-pyrrole nitrogens is 1. The van der Waals surface area contributed by atoms with Crippen molar-refractivity contribution in [1.29, 1.82) is 0 Å². The monoisotopic (exact) mass is 250 g/mol. The van der Waals surface area contributed by atoms with Crippen LogP contribution >= 0.6 is 11.6 Å². The van der Waals surface area contributed by atoms with E-state index in [9.17, 15) is 4.79 Å². The third kappa shape index (κ3) is 2.76. The van der Waals surface area contributed by atoms with E-state index in [2.05, 4.69) is 15.5 Å². The number of nitrogens with two attached hydrogens (primary N) is 1. The first-order valence-electron chi connectivity index (χ1n) is 4.99. The van der Waals surface area contributed by atoms with E-state index in [-0.39, 0.29) is 11.7 Å². The number of nitrogens with zero attached hydrogens (tertiary/aromatic N) is 1. The molecule has 2 aromatic rings. The van der Waals surface area contributed by atoms with E-state index >= 15 is 0 Å². The van der Waals surface area contributed by atoms with Crippen LogP contribution in [0.25, 0.3) is 0 Å². The third-order valence-electron chi connectivity index (χ3n) is 2.24. The van der Waals surface area contributed by atoms with Gasteiger partial charge >= 0.3 is 0 Å². The van der Waals surface area contributed by atoms with Crippen LogP contribution in [0.4, 0.5) is 5.82 Å². The molecule has 0 unspecified atom stereocenters. The first kappa shape index (κ1) is 11.5. The van der Waals surface area contributed by atoms with Gasteiger partial charge < -0.3 is 11.1 Å². The van der Waals surface area contributed by atoms with Gasteiger partial charge in [0, 0.05) is 17.6 Å². The maximum atomic E-state index is 11.7. The van der Waals surface area contributed by atoms with E-state index in [4.69, 9.17) is 17.3 Å². The van der Waals surface area contributed by atoms with Crippen molar-refractivity contribution in [3.05, 3.63) is 46.6 Å². The van der Waals surface area contributed by atoms with Crippen LogP contribution in [-0.2, 0) is 6.54 Å². The van der Waals surface area contributed by atoms with Crippen molar-refractivity contribution in [2.75, 3.05) is 5.73 Å². The fraction of sp³-hybridized carbons (Fsp3) is 0.0909. The molecule has 4 N–H and O–H groups in total. The van der Waals surface area contributed by atoms with Crippen molar-refractivity contribution >= 4 is 23.3 Å². The molecule has 5 nitrogen and oxygen atoms in total. The molecule has 17 heavy (non-hydrogen) atoms. The van der Waals surface area contributed by atoms with Crippen LogP contribution in [0.15, 0.2) is 30.3 Å². The highest BCUT2D eigenvalue weighted by Gasteiger charge is 2.08. The fourth-order valence-electron chi connectivity index (χ4n) is 1.37. The van der Waals surface area contributed by atoms with E-state index in [1.54, 1.807) is 6.07 Å². The van der Waals surface area contributed by atoms with Crippen molar-refractivity contribution in [3.63, 3.8) is 0 Å². The van der Waals surface area contributed by atoms with Gasteiger partial charge in [-0.1, -0.05) is 29.8 Å². The van der Waals surface area contributed by atoms with Crippen molar-refractivity contribution < 1.29 is 4.79 Å². The van der Waals surface area contributed by atoms with Crippen molar-refractivity contribution in [2.45, 2.75) is 6.54 Å². The van der Waals surface area contributed by atoms with E-state index in [0.29, 0.717) is 17.3 Å². The van der Waals surface area contributed by atoms with Gasteiger partial charge in [-0.15, -0.1) is 0 Å². The summed E-state index contributed by atoms with van der Waals surface area (Å²) in [5.74, 6) is 0.0158. The largest absolute Gasteiger partial charge is 0.382 e. The SMILES string of the molecule is Nc1cc(C(=O)NCc2ccccc2Cl)[nH]n1. The molecular formula is C11H11ClN4O. The lowest BCUT2D eigenvalue weighted by atomic mass is 10.2. The lowest BCUT2D eigenvalue weighted by Gasteiger charge is -2.05. The molecule has 2 rings (SSSR count). The molecule has 0 aliphatic carbocycles. The molecule has 0 bridgehead atoms. The first-order chi connectivity index (χ1) is 8.16. The van der Waals surface area contributed by atoms with E-state index in [1.807, 2.05) is 18.2 Å². The summed E-state index contributed by atoms with van der Waals surface area (Å²) in [4.78, 5) is 11.7. The average Bonchev–Trinajstić information content (AvgIpc) is 2.74. The minimum atomic E-state index is -0.269. The molecule has 6 heteroatoms. The molecule has 0 aliphatic heterocycles. The summed E-state index contributed by atoms with van der Waals surface area (Å²) in [6, 6.07) is 8.80. The van der Waals surface area contributed by atoms with Gasteiger partial charge in [-0.3, -0.25) is 9.89 Å². The van der Waals surface area contributed by atoms with Crippen LogP contribution in [0.3, 0.4) is 0 Å². The lowest BCUT2D eigenvalue weighted by Crippen LogP contribution is -2.23. The quantitative estimate of drug-likeness (QED) is 0.773. The highest BCUT2D eigenvalue weighted by Crippen LogP contribution is 2.14. The fourth-order valence-corrected chi connectivity index (χ4v) is 1.57. The van der Waals surface area contributed by atoms with Crippen LogP contribution in [0.2, 0.25) is 5.02 Å². The molecule has 88 valence electrons. The Morgan fingerprint density at radius 2 is 2.24 bits per heavy atom. The van der Waals surface area contributed by atoms with Gasteiger partial charge in [0.25, 0.3) is 5.91 Å². The number of aromatic nitrogens is 2. The molecule has 0 fully saturated rings. The van der Waals surface area contributed by atoms with Crippen molar-refractivity contribution in [1.82, 2.24) is 15.5 Å². The zero-order valence-electron chi connectivity index (χ0n) is 8.90. The summed E-state index contributed by atoms with van der Waals surface area (Å²) in [5.41, 5.74) is 6.59. The van der Waals surface area contributed by atoms with Crippen LogP contribution in [0.1, 0.15) is 16.1 Å².